The van der Waals surface area contributed by atoms with Crippen LogP contribution in [-0.2, 0) is 17.6 Å². The van der Waals surface area contributed by atoms with Crippen molar-refractivity contribution < 1.29 is 9.59 Å². The highest BCUT2D eigenvalue weighted by atomic mass is 16.2. The molecule has 1 amide bonds. The average Bonchev–Trinajstić information content (AvgIpc) is 2.81. The number of carbonyl (C=O) groups is 2. The van der Waals surface area contributed by atoms with Crippen LogP contribution in [0.2, 0.25) is 0 Å². The molecule has 5 heteroatoms. The second-order valence-electron chi connectivity index (χ2n) is 8.34. The largest absolute Gasteiger partial charge is 0.356 e. The molecule has 0 unspecified atom stereocenters. The molecule has 0 saturated heterocycles. The number of hydrogen-bond donors (Lipinski definition) is 2. The Kier molecular flexibility index (Phi) is 7.35. The molecule has 5 nitrogen and oxygen atoms in total. The van der Waals surface area contributed by atoms with Gasteiger partial charge in [0.15, 0.2) is 5.78 Å². The highest BCUT2D eigenvalue weighted by molar-refractivity contribution is 5.98. The normalized spacial score (nSPS) is 14.7. The van der Waals surface area contributed by atoms with Crippen LogP contribution in [0.1, 0.15) is 48.2 Å². The van der Waals surface area contributed by atoms with Gasteiger partial charge in [-0.2, -0.15) is 0 Å². The predicted molar refractivity (Wildman–Crippen MR) is 106 cm³/mol. The molecule has 144 valence electrons. The van der Waals surface area contributed by atoms with Gasteiger partial charge < -0.3 is 15.5 Å². The smallest absolute Gasteiger partial charge is 0.220 e. The first-order chi connectivity index (χ1) is 12.3. The van der Waals surface area contributed by atoms with E-state index in [1.165, 1.54) is 11.1 Å². The third-order valence-electron chi connectivity index (χ3n) is 4.76. The fourth-order valence-corrected chi connectivity index (χ4v) is 3.56. The number of rotatable bonds is 8. The lowest BCUT2D eigenvalue weighted by atomic mass is 9.93. The second-order valence-corrected chi connectivity index (χ2v) is 8.34. The van der Waals surface area contributed by atoms with Gasteiger partial charge in [0.25, 0.3) is 0 Å². The summed E-state index contributed by atoms with van der Waals surface area (Å²) in [6.45, 7) is 7.71. The van der Waals surface area contributed by atoms with E-state index in [0.717, 1.165) is 38.0 Å². The summed E-state index contributed by atoms with van der Waals surface area (Å²) in [5.74, 6) is -0.00292. The van der Waals surface area contributed by atoms with Crippen molar-refractivity contribution in [3.63, 3.8) is 0 Å². The first-order valence-corrected chi connectivity index (χ1v) is 9.54. The molecule has 2 rings (SSSR count). The van der Waals surface area contributed by atoms with Crippen LogP contribution in [-0.4, -0.2) is 56.9 Å². The van der Waals surface area contributed by atoms with E-state index in [0.29, 0.717) is 6.54 Å². The highest BCUT2D eigenvalue weighted by Gasteiger charge is 2.20. The fourth-order valence-electron chi connectivity index (χ4n) is 3.56. The van der Waals surface area contributed by atoms with Gasteiger partial charge >= 0.3 is 0 Å². The SMILES string of the molecule is CN(C)CC(C)(C)CNC(=O)CCC(=O)c1ccc2c(c1)CCNCC2. The number of hydrogen-bond acceptors (Lipinski definition) is 4. The van der Waals surface area contributed by atoms with Crippen molar-refractivity contribution in [1.29, 1.82) is 0 Å². The van der Waals surface area contributed by atoms with Crippen LogP contribution in [0.5, 0.6) is 0 Å². The zero-order valence-electron chi connectivity index (χ0n) is 16.7. The molecule has 0 fully saturated rings. The first kappa shape index (κ1) is 20.6. The van der Waals surface area contributed by atoms with Crippen molar-refractivity contribution in [2.45, 2.75) is 39.5 Å². The van der Waals surface area contributed by atoms with Crippen molar-refractivity contribution in [3.05, 3.63) is 34.9 Å². The van der Waals surface area contributed by atoms with Crippen LogP contribution in [0.3, 0.4) is 0 Å². The van der Waals surface area contributed by atoms with Gasteiger partial charge in [-0.25, -0.2) is 0 Å². The number of nitrogens with zero attached hydrogens (tertiary/aromatic N) is 1. The standard InChI is InChI=1S/C21H33N3O2/c1-21(2,15-24(3)4)14-23-20(26)8-7-19(25)18-6-5-16-9-11-22-12-10-17(16)13-18/h5-6,13,22H,7-12,14-15H2,1-4H3,(H,23,26). The highest BCUT2D eigenvalue weighted by Crippen LogP contribution is 2.17. The Morgan fingerprint density at radius 3 is 2.50 bits per heavy atom. The molecule has 1 heterocycles. The molecule has 26 heavy (non-hydrogen) atoms. The molecule has 0 saturated carbocycles. The molecule has 0 spiro atoms. The van der Waals surface area contributed by atoms with Gasteiger partial charge in [0, 0.05) is 31.5 Å². The summed E-state index contributed by atoms with van der Waals surface area (Å²) >= 11 is 0. The van der Waals surface area contributed by atoms with Crippen molar-refractivity contribution >= 4 is 11.7 Å². The number of ketones is 1. The van der Waals surface area contributed by atoms with Crippen LogP contribution in [0.15, 0.2) is 18.2 Å². The van der Waals surface area contributed by atoms with Crippen LogP contribution in [0.4, 0.5) is 0 Å². The van der Waals surface area contributed by atoms with E-state index < -0.39 is 0 Å². The summed E-state index contributed by atoms with van der Waals surface area (Å²) < 4.78 is 0. The number of fused-ring (bicyclic) bond motifs is 1. The molecule has 1 aliphatic rings. The summed E-state index contributed by atoms with van der Waals surface area (Å²) in [6.07, 6.45) is 2.47. The molecule has 0 aromatic heterocycles. The van der Waals surface area contributed by atoms with Crippen molar-refractivity contribution in [2.75, 3.05) is 40.3 Å². The Morgan fingerprint density at radius 2 is 1.81 bits per heavy atom. The van der Waals surface area contributed by atoms with E-state index in [4.69, 9.17) is 0 Å². The number of carbonyl (C=O) groups excluding carboxylic acids is 2. The van der Waals surface area contributed by atoms with Gasteiger partial charge in [-0.1, -0.05) is 26.0 Å². The third kappa shape index (κ3) is 6.54. The molecule has 0 aliphatic carbocycles. The number of Topliss-reactive ketones (excluding diaryl/α,β-unsaturated/α-hetero) is 1. The molecular formula is C21H33N3O2. The molecule has 2 N–H and O–H groups in total. The molecule has 1 aliphatic heterocycles. The number of benzene rings is 1. The van der Waals surface area contributed by atoms with E-state index >= 15 is 0 Å². The monoisotopic (exact) mass is 359 g/mol. The summed E-state index contributed by atoms with van der Waals surface area (Å²) in [5, 5.41) is 6.35. The molecule has 1 aromatic rings. The Morgan fingerprint density at radius 1 is 1.12 bits per heavy atom. The zero-order valence-corrected chi connectivity index (χ0v) is 16.7. The van der Waals surface area contributed by atoms with Crippen LogP contribution in [0.25, 0.3) is 0 Å². The van der Waals surface area contributed by atoms with Gasteiger partial charge in [0.2, 0.25) is 5.91 Å². The minimum atomic E-state index is -0.0517. The van der Waals surface area contributed by atoms with E-state index in [9.17, 15) is 9.59 Å². The predicted octanol–water partition coefficient (Wildman–Crippen LogP) is 2.04. The summed E-state index contributed by atoms with van der Waals surface area (Å²) in [6, 6.07) is 5.99. The van der Waals surface area contributed by atoms with Gasteiger partial charge in [0.05, 0.1) is 0 Å². The Balaban J connectivity index is 1.83. The van der Waals surface area contributed by atoms with Gasteiger partial charge in [-0.15, -0.1) is 0 Å². The van der Waals surface area contributed by atoms with E-state index in [-0.39, 0.29) is 29.9 Å². The fraction of sp³-hybridized carbons (Fsp3) is 0.619. The summed E-state index contributed by atoms with van der Waals surface area (Å²) in [7, 11) is 4.05. The lowest BCUT2D eigenvalue weighted by Gasteiger charge is -2.28. The Hall–Kier alpha value is -1.72. The topological polar surface area (TPSA) is 61.4 Å². The Labute approximate surface area is 157 Å². The lowest BCUT2D eigenvalue weighted by Crippen LogP contribution is -2.40. The van der Waals surface area contributed by atoms with Crippen molar-refractivity contribution in [3.8, 4) is 0 Å². The number of amides is 1. The molecular weight excluding hydrogens is 326 g/mol. The maximum atomic E-state index is 12.5. The van der Waals surface area contributed by atoms with Crippen molar-refractivity contribution in [1.82, 2.24) is 15.5 Å². The van der Waals surface area contributed by atoms with Crippen LogP contribution >= 0.6 is 0 Å². The van der Waals surface area contributed by atoms with E-state index in [2.05, 4.69) is 35.4 Å². The van der Waals surface area contributed by atoms with Gasteiger partial charge in [0.1, 0.15) is 0 Å². The van der Waals surface area contributed by atoms with Gasteiger partial charge in [-0.05, 0) is 62.6 Å². The number of nitrogens with one attached hydrogen (secondary N) is 2. The Bertz CT molecular complexity index is 638. The first-order valence-electron chi connectivity index (χ1n) is 9.54. The van der Waals surface area contributed by atoms with E-state index in [1.807, 2.05) is 26.2 Å². The van der Waals surface area contributed by atoms with Crippen LogP contribution in [0, 0.1) is 5.41 Å². The third-order valence-corrected chi connectivity index (χ3v) is 4.76. The molecule has 0 atom stereocenters. The minimum absolute atomic E-state index is 0.00814. The maximum absolute atomic E-state index is 12.5. The minimum Gasteiger partial charge on any atom is -0.356 e. The van der Waals surface area contributed by atoms with Crippen molar-refractivity contribution in [2.24, 2.45) is 5.41 Å². The quantitative estimate of drug-likeness (QED) is 0.698. The van der Waals surface area contributed by atoms with E-state index in [1.54, 1.807) is 0 Å². The second kappa shape index (κ2) is 9.28. The molecule has 0 radical (unpaired) electrons. The summed E-state index contributed by atoms with van der Waals surface area (Å²) in [5.41, 5.74) is 3.32. The zero-order chi connectivity index (χ0) is 19.2. The molecule has 1 aromatic carbocycles. The lowest BCUT2D eigenvalue weighted by molar-refractivity contribution is -0.121. The van der Waals surface area contributed by atoms with Gasteiger partial charge in [-0.3, -0.25) is 9.59 Å². The average molecular weight is 360 g/mol. The molecule has 0 bridgehead atoms. The maximum Gasteiger partial charge on any atom is 0.220 e. The van der Waals surface area contributed by atoms with Crippen LogP contribution < -0.4 is 10.6 Å². The summed E-state index contributed by atoms with van der Waals surface area (Å²) in [4.78, 5) is 26.7.